The topological polar surface area (TPSA) is 83.7 Å². The van der Waals surface area contributed by atoms with Gasteiger partial charge in [0, 0.05) is 0 Å². The summed E-state index contributed by atoms with van der Waals surface area (Å²) in [5, 5.41) is 20.2. The van der Waals surface area contributed by atoms with E-state index in [1.807, 2.05) is 6.07 Å². The first kappa shape index (κ1) is 14.0. The van der Waals surface area contributed by atoms with Gasteiger partial charge in [0.1, 0.15) is 6.04 Å². The van der Waals surface area contributed by atoms with Gasteiger partial charge in [-0.25, -0.2) is 14.9 Å². The fourth-order valence-corrected chi connectivity index (χ4v) is 1.89. The number of hydrogen-bond donors (Lipinski definition) is 1. The molecule has 1 rings (SSSR count). The molecule has 2 unspecified atom stereocenters. The van der Waals surface area contributed by atoms with Crippen LogP contribution in [0.25, 0.3) is 0 Å². The van der Waals surface area contributed by atoms with Gasteiger partial charge in [-0.3, -0.25) is 0 Å². The smallest absolute Gasteiger partial charge is 0.332 e. The summed E-state index contributed by atoms with van der Waals surface area (Å²) in [5.41, 5.74) is 0.741. The summed E-state index contributed by atoms with van der Waals surface area (Å²) < 4.78 is 0. The Morgan fingerprint density at radius 3 is 2.39 bits per heavy atom. The van der Waals surface area contributed by atoms with Gasteiger partial charge in [0.2, 0.25) is 0 Å². The normalized spacial score (nSPS) is 13.7. The molecule has 0 aliphatic rings. The average Bonchev–Trinajstić information content (AvgIpc) is 2.35. The average molecular weight is 252 g/mol. The van der Waals surface area contributed by atoms with Gasteiger partial charge in [0.05, 0.1) is 0 Å². The zero-order valence-corrected chi connectivity index (χ0v) is 10.3. The summed E-state index contributed by atoms with van der Waals surface area (Å²) in [5.74, 6) is -1.21. The van der Waals surface area contributed by atoms with Crippen molar-refractivity contribution in [2.45, 2.75) is 32.4 Å². The highest BCUT2D eigenvalue weighted by Crippen LogP contribution is 2.26. The number of benzene rings is 1. The van der Waals surface area contributed by atoms with E-state index < -0.39 is 23.1 Å². The predicted molar refractivity (Wildman–Crippen MR) is 65.4 cm³/mol. The minimum Gasteiger partial charge on any atom is -0.480 e. The first-order valence-electron chi connectivity index (χ1n) is 5.69. The van der Waals surface area contributed by atoms with Crippen molar-refractivity contribution in [1.82, 2.24) is 5.01 Å². The molecular weight excluding hydrogens is 236 g/mol. The van der Waals surface area contributed by atoms with Crippen LogP contribution in [0.3, 0.4) is 0 Å². The lowest BCUT2D eigenvalue weighted by molar-refractivity contribution is -0.671. The molecule has 0 fully saturated rings. The van der Waals surface area contributed by atoms with Crippen LogP contribution in [0.5, 0.6) is 0 Å². The third kappa shape index (κ3) is 2.97. The van der Waals surface area contributed by atoms with E-state index in [2.05, 4.69) is 0 Å². The number of nitrogens with zero attached hydrogens (tertiary/aromatic N) is 2. The Morgan fingerprint density at radius 2 is 2.00 bits per heavy atom. The number of rotatable bonds is 6. The standard InChI is InChI=1S/C12H16N2O4/c1-3-11(10-7-5-4-6-8-10)13(14(17)18)9(2)12(15)16/h4-9,11H,3H2,1-2H3,(H,15,16). The Morgan fingerprint density at radius 1 is 1.44 bits per heavy atom. The van der Waals surface area contributed by atoms with Crippen LogP contribution in [0, 0.1) is 10.1 Å². The highest BCUT2D eigenvalue weighted by Gasteiger charge is 2.35. The second-order valence-corrected chi connectivity index (χ2v) is 3.97. The second-order valence-electron chi connectivity index (χ2n) is 3.97. The minimum absolute atomic E-state index is 0.461. The summed E-state index contributed by atoms with van der Waals surface area (Å²) in [6.45, 7) is 3.11. The van der Waals surface area contributed by atoms with Crippen LogP contribution in [0.4, 0.5) is 0 Å². The van der Waals surface area contributed by atoms with E-state index in [-0.39, 0.29) is 0 Å². The maximum absolute atomic E-state index is 11.1. The van der Waals surface area contributed by atoms with Gasteiger partial charge in [0.25, 0.3) is 0 Å². The van der Waals surface area contributed by atoms with E-state index in [4.69, 9.17) is 5.11 Å². The van der Waals surface area contributed by atoms with Crippen LogP contribution < -0.4 is 0 Å². The SMILES string of the molecule is CCC(c1ccccc1)N(C(C)C(=O)O)[N+](=O)[O-]. The van der Waals surface area contributed by atoms with Crippen LogP contribution in [0.15, 0.2) is 30.3 Å². The van der Waals surface area contributed by atoms with Gasteiger partial charge in [-0.2, -0.15) is 0 Å². The third-order valence-electron chi connectivity index (χ3n) is 2.83. The molecule has 0 spiro atoms. The maximum Gasteiger partial charge on any atom is 0.332 e. The quantitative estimate of drug-likeness (QED) is 0.619. The first-order chi connectivity index (χ1) is 8.49. The fourth-order valence-electron chi connectivity index (χ4n) is 1.89. The molecule has 0 aliphatic carbocycles. The molecule has 1 aromatic carbocycles. The van der Waals surface area contributed by atoms with Crippen molar-refractivity contribution in [3.05, 3.63) is 46.0 Å². The molecule has 6 heteroatoms. The van der Waals surface area contributed by atoms with Crippen LogP contribution in [0.2, 0.25) is 0 Å². The molecule has 2 atom stereocenters. The number of carboxylic acid groups (broad SMARTS) is 1. The highest BCUT2D eigenvalue weighted by atomic mass is 16.7. The van der Waals surface area contributed by atoms with Crippen molar-refractivity contribution in [1.29, 1.82) is 0 Å². The lowest BCUT2D eigenvalue weighted by atomic mass is 10.0. The molecule has 0 radical (unpaired) electrons. The molecular formula is C12H16N2O4. The molecule has 0 heterocycles. The summed E-state index contributed by atoms with van der Waals surface area (Å²) in [6.07, 6.45) is 0.461. The molecule has 0 bridgehead atoms. The van der Waals surface area contributed by atoms with Crippen LogP contribution in [-0.4, -0.2) is 27.2 Å². The van der Waals surface area contributed by atoms with Crippen molar-refractivity contribution >= 4 is 5.97 Å². The van der Waals surface area contributed by atoms with Crippen molar-refractivity contribution in [3.8, 4) is 0 Å². The molecule has 1 N–H and O–H groups in total. The van der Waals surface area contributed by atoms with E-state index in [0.717, 1.165) is 10.6 Å². The Hall–Kier alpha value is -2.11. The van der Waals surface area contributed by atoms with Crippen LogP contribution in [-0.2, 0) is 4.79 Å². The van der Waals surface area contributed by atoms with Gasteiger partial charge in [-0.15, -0.1) is 5.01 Å². The fraction of sp³-hybridized carbons (Fsp3) is 0.417. The Balaban J connectivity index is 3.10. The summed E-state index contributed by atoms with van der Waals surface area (Å²) >= 11 is 0. The Labute approximate surface area is 105 Å². The lowest BCUT2D eigenvalue weighted by Gasteiger charge is -2.26. The van der Waals surface area contributed by atoms with Gasteiger partial charge in [-0.1, -0.05) is 37.3 Å². The Kier molecular flexibility index (Phi) is 4.65. The van der Waals surface area contributed by atoms with Crippen molar-refractivity contribution in [3.63, 3.8) is 0 Å². The minimum atomic E-state index is -1.21. The monoisotopic (exact) mass is 252 g/mol. The number of carboxylic acids is 1. The number of aliphatic carboxylic acids is 1. The maximum atomic E-state index is 11.1. The number of nitro groups is 1. The molecule has 0 saturated heterocycles. The number of carbonyl (C=O) groups is 1. The first-order valence-corrected chi connectivity index (χ1v) is 5.69. The molecule has 6 nitrogen and oxygen atoms in total. The van der Waals surface area contributed by atoms with Gasteiger partial charge in [-0.05, 0) is 18.9 Å². The third-order valence-corrected chi connectivity index (χ3v) is 2.83. The molecule has 0 amide bonds. The van der Waals surface area contributed by atoms with Crippen LogP contribution >= 0.6 is 0 Å². The van der Waals surface area contributed by atoms with Gasteiger partial charge in [0.15, 0.2) is 11.1 Å². The second kappa shape index (κ2) is 6.00. The highest BCUT2D eigenvalue weighted by molar-refractivity contribution is 5.72. The van der Waals surface area contributed by atoms with E-state index in [1.165, 1.54) is 6.92 Å². The molecule has 0 aromatic heterocycles. The lowest BCUT2D eigenvalue weighted by Crippen LogP contribution is -2.45. The van der Waals surface area contributed by atoms with Crippen molar-refractivity contribution < 1.29 is 14.9 Å². The van der Waals surface area contributed by atoms with E-state index in [0.29, 0.717) is 6.42 Å². The summed E-state index contributed by atoms with van der Waals surface area (Å²) in [7, 11) is 0. The van der Waals surface area contributed by atoms with E-state index >= 15 is 0 Å². The zero-order chi connectivity index (χ0) is 13.7. The predicted octanol–water partition coefficient (Wildman–Crippen LogP) is 2.10. The van der Waals surface area contributed by atoms with E-state index in [9.17, 15) is 14.9 Å². The summed E-state index contributed by atoms with van der Waals surface area (Å²) in [6, 6.07) is 7.17. The van der Waals surface area contributed by atoms with Gasteiger partial charge >= 0.3 is 5.97 Å². The Bertz CT molecular complexity index is 421. The molecule has 18 heavy (non-hydrogen) atoms. The van der Waals surface area contributed by atoms with Crippen molar-refractivity contribution in [2.24, 2.45) is 0 Å². The largest absolute Gasteiger partial charge is 0.480 e. The van der Waals surface area contributed by atoms with Crippen LogP contribution in [0.1, 0.15) is 31.9 Å². The summed E-state index contributed by atoms with van der Waals surface area (Å²) in [4.78, 5) is 22.0. The van der Waals surface area contributed by atoms with Gasteiger partial charge < -0.3 is 5.11 Å². The number of hydrazine groups is 1. The molecule has 1 aromatic rings. The zero-order valence-electron chi connectivity index (χ0n) is 10.3. The molecule has 0 aliphatic heterocycles. The number of hydrogen-bond acceptors (Lipinski definition) is 3. The van der Waals surface area contributed by atoms with Crippen molar-refractivity contribution in [2.75, 3.05) is 0 Å². The molecule has 98 valence electrons. The van der Waals surface area contributed by atoms with E-state index in [1.54, 1.807) is 31.2 Å². The molecule has 0 saturated carbocycles.